The van der Waals surface area contributed by atoms with Gasteiger partial charge in [0, 0.05) is 26.6 Å². The molecule has 2 bridgehead atoms. The molecule has 2 aliphatic carbocycles. The summed E-state index contributed by atoms with van der Waals surface area (Å²) in [6.07, 6.45) is 3.02. The number of halogens is 3. The van der Waals surface area contributed by atoms with Crippen molar-refractivity contribution in [3.8, 4) is 5.75 Å². The van der Waals surface area contributed by atoms with Gasteiger partial charge in [-0.3, -0.25) is 0 Å². The summed E-state index contributed by atoms with van der Waals surface area (Å²) in [6, 6.07) is 11.2. The number of thioether (sulfide) groups is 1. The lowest BCUT2D eigenvalue weighted by Gasteiger charge is -2.27. The third-order valence-corrected chi connectivity index (χ3v) is 7.55. The summed E-state index contributed by atoms with van der Waals surface area (Å²) in [7, 11) is 0. The molecule has 6 heteroatoms. The zero-order valence-corrected chi connectivity index (χ0v) is 15.8. The van der Waals surface area contributed by atoms with Crippen LogP contribution in [-0.2, 0) is 0 Å². The van der Waals surface area contributed by atoms with Gasteiger partial charge in [0.15, 0.2) is 0 Å². The molecule has 5 rings (SSSR count). The highest BCUT2D eigenvalue weighted by Crippen LogP contribution is 2.64. The van der Waals surface area contributed by atoms with Crippen LogP contribution in [-0.4, -0.2) is 23.6 Å². The van der Waals surface area contributed by atoms with Crippen LogP contribution in [0.3, 0.4) is 0 Å². The Morgan fingerprint density at radius 2 is 2.07 bits per heavy atom. The van der Waals surface area contributed by atoms with Crippen LogP contribution in [0.15, 0.2) is 46.9 Å². The number of fused-ring (bicyclic) bond motifs is 9. The molecule has 140 valence electrons. The van der Waals surface area contributed by atoms with Gasteiger partial charge in [-0.2, -0.15) is 8.78 Å². The molecule has 0 amide bonds. The quantitative estimate of drug-likeness (QED) is 0.709. The zero-order valence-electron chi connectivity index (χ0n) is 14.2. The molecular weight excluding hydrogens is 390 g/mol. The molecule has 3 aliphatic rings. The lowest BCUT2D eigenvalue weighted by atomic mass is 9.83. The van der Waals surface area contributed by atoms with Gasteiger partial charge in [0.25, 0.3) is 0 Å². The highest BCUT2D eigenvalue weighted by atomic mass is 35.5. The van der Waals surface area contributed by atoms with Crippen molar-refractivity contribution in [2.45, 2.75) is 35.0 Å². The second-order valence-corrected chi connectivity index (χ2v) is 8.95. The van der Waals surface area contributed by atoms with Crippen molar-refractivity contribution in [1.82, 2.24) is 0 Å². The Hall–Kier alpha value is -1.56. The van der Waals surface area contributed by atoms with Crippen LogP contribution < -0.4 is 4.74 Å². The normalized spacial score (nSPS) is 27.7. The molecule has 1 fully saturated rings. The third-order valence-electron chi connectivity index (χ3n) is 5.92. The van der Waals surface area contributed by atoms with Gasteiger partial charge in [0.1, 0.15) is 5.75 Å². The van der Waals surface area contributed by atoms with Gasteiger partial charge >= 0.3 is 6.61 Å². The van der Waals surface area contributed by atoms with Crippen molar-refractivity contribution in [2.75, 3.05) is 6.61 Å². The Bertz CT molecular complexity index is 946. The van der Waals surface area contributed by atoms with Crippen molar-refractivity contribution in [3.05, 3.63) is 63.7 Å². The third kappa shape index (κ3) is 2.71. The number of aliphatic hydroxyl groups is 1. The highest BCUT2D eigenvalue weighted by molar-refractivity contribution is 8.00. The van der Waals surface area contributed by atoms with Crippen LogP contribution in [0.2, 0.25) is 5.02 Å². The number of ether oxygens (including phenoxy) is 1. The summed E-state index contributed by atoms with van der Waals surface area (Å²) in [5.74, 6) is 0.580. The fourth-order valence-electron chi connectivity index (χ4n) is 4.98. The fraction of sp³-hybridized carbons (Fsp3) is 0.333. The molecule has 0 saturated heterocycles. The minimum Gasteiger partial charge on any atom is -0.434 e. The Labute approximate surface area is 165 Å². The number of hydrogen-bond acceptors (Lipinski definition) is 3. The maximum Gasteiger partial charge on any atom is 0.387 e. The number of hydrogen-bond donors (Lipinski definition) is 1. The first-order valence-corrected chi connectivity index (χ1v) is 10.2. The predicted octanol–water partition coefficient (Wildman–Crippen LogP) is 5.69. The second-order valence-electron chi connectivity index (χ2n) is 7.23. The molecule has 1 N–H and O–H groups in total. The molecule has 1 saturated carbocycles. The molecular formula is C21H17ClF2O2S. The van der Waals surface area contributed by atoms with E-state index in [1.807, 2.05) is 24.3 Å². The average Bonchev–Trinajstić information content (AvgIpc) is 3.10. The van der Waals surface area contributed by atoms with E-state index in [2.05, 4.69) is 6.08 Å². The topological polar surface area (TPSA) is 29.5 Å². The Kier molecular flexibility index (Phi) is 4.22. The summed E-state index contributed by atoms with van der Waals surface area (Å²) in [6.45, 7) is -2.82. The monoisotopic (exact) mass is 406 g/mol. The van der Waals surface area contributed by atoms with Crippen LogP contribution in [0.1, 0.15) is 34.9 Å². The first-order valence-electron chi connectivity index (χ1n) is 8.93. The fourth-order valence-corrected chi connectivity index (χ4v) is 6.53. The summed E-state index contributed by atoms with van der Waals surface area (Å²) in [4.78, 5) is 0.925. The van der Waals surface area contributed by atoms with E-state index in [0.29, 0.717) is 5.02 Å². The predicted molar refractivity (Wildman–Crippen MR) is 103 cm³/mol. The molecule has 3 unspecified atom stereocenters. The molecule has 0 radical (unpaired) electrons. The molecule has 0 aromatic heterocycles. The van der Waals surface area contributed by atoms with Crippen LogP contribution in [0.25, 0.3) is 6.08 Å². The highest BCUT2D eigenvalue weighted by Gasteiger charge is 2.50. The minimum absolute atomic E-state index is 0.00316. The Morgan fingerprint density at radius 3 is 2.85 bits per heavy atom. The van der Waals surface area contributed by atoms with Gasteiger partial charge < -0.3 is 9.84 Å². The molecule has 0 spiro atoms. The van der Waals surface area contributed by atoms with Crippen molar-refractivity contribution < 1.29 is 18.6 Å². The Morgan fingerprint density at radius 1 is 1.22 bits per heavy atom. The number of alkyl halides is 2. The van der Waals surface area contributed by atoms with E-state index >= 15 is 0 Å². The van der Waals surface area contributed by atoms with E-state index in [4.69, 9.17) is 16.3 Å². The van der Waals surface area contributed by atoms with Gasteiger partial charge in [0.2, 0.25) is 0 Å². The van der Waals surface area contributed by atoms with Crippen LogP contribution >= 0.6 is 23.4 Å². The van der Waals surface area contributed by atoms with Crippen molar-refractivity contribution in [2.24, 2.45) is 5.92 Å². The van der Waals surface area contributed by atoms with Gasteiger partial charge in [-0.15, -0.1) is 11.8 Å². The van der Waals surface area contributed by atoms with Crippen molar-refractivity contribution in [1.29, 1.82) is 0 Å². The minimum atomic E-state index is -2.86. The first kappa shape index (κ1) is 17.5. The molecule has 2 aromatic rings. The smallest absolute Gasteiger partial charge is 0.387 e. The van der Waals surface area contributed by atoms with Crippen molar-refractivity contribution in [3.63, 3.8) is 0 Å². The first-order chi connectivity index (χ1) is 13.1. The summed E-state index contributed by atoms with van der Waals surface area (Å²) in [5, 5.41) is 10.7. The maximum atomic E-state index is 13.0. The van der Waals surface area contributed by atoms with E-state index < -0.39 is 6.61 Å². The number of rotatable bonds is 3. The van der Waals surface area contributed by atoms with Gasteiger partial charge in [0.05, 0.1) is 6.61 Å². The lowest BCUT2D eigenvalue weighted by molar-refractivity contribution is -0.0508. The van der Waals surface area contributed by atoms with Crippen molar-refractivity contribution >= 4 is 29.4 Å². The van der Waals surface area contributed by atoms with Crippen LogP contribution in [0.4, 0.5) is 8.78 Å². The van der Waals surface area contributed by atoms with Gasteiger partial charge in [-0.05, 0) is 53.6 Å². The molecule has 2 nitrogen and oxygen atoms in total. The summed E-state index contributed by atoms with van der Waals surface area (Å²) < 4.78 is 31.0. The molecule has 1 aliphatic heterocycles. The Balaban J connectivity index is 1.70. The molecule has 2 aromatic carbocycles. The number of benzene rings is 2. The largest absolute Gasteiger partial charge is 0.434 e. The standard InChI is InChI=1S/C21H17ClF2O2S/c22-11-5-4-10-6-14-13-8-15(19(14)12(10)7-11)20-16(26-21(23)24)2-1-3-17(20)27-18(13)9-25/h1-7,13,15,18-19,21,25H,8-9H2/t13?,15-,18?,19?/m0/s1. The van der Waals surface area contributed by atoms with Gasteiger partial charge in [-0.25, -0.2) is 0 Å². The molecule has 4 atom stereocenters. The SMILES string of the molecule is OCC1Sc2cccc(OC(F)F)c2[C@H]2CC1C1=Cc3ccc(Cl)cc3C12. The van der Waals surface area contributed by atoms with Crippen LogP contribution in [0, 0.1) is 5.92 Å². The van der Waals surface area contributed by atoms with E-state index in [1.54, 1.807) is 23.9 Å². The molecule has 27 heavy (non-hydrogen) atoms. The molecule has 1 heterocycles. The van der Waals surface area contributed by atoms with E-state index in [1.165, 1.54) is 5.57 Å². The average molecular weight is 407 g/mol. The second kappa shape index (κ2) is 6.50. The van der Waals surface area contributed by atoms with E-state index in [-0.39, 0.29) is 35.4 Å². The number of aliphatic hydroxyl groups excluding tert-OH is 1. The number of allylic oxidation sites excluding steroid dienone is 1. The zero-order chi connectivity index (χ0) is 18.7. The van der Waals surface area contributed by atoms with E-state index in [0.717, 1.165) is 28.0 Å². The summed E-state index contributed by atoms with van der Waals surface area (Å²) in [5.41, 5.74) is 4.39. The summed E-state index contributed by atoms with van der Waals surface area (Å²) >= 11 is 7.83. The lowest BCUT2D eigenvalue weighted by Crippen LogP contribution is -2.20. The van der Waals surface area contributed by atoms with E-state index in [9.17, 15) is 13.9 Å². The van der Waals surface area contributed by atoms with Gasteiger partial charge in [-0.1, -0.05) is 35.4 Å². The maximum absolute atomic E-state index is 13.0. The van der Waals surface area contributed by atoms with Crippen LogP contribution in [0.5, 0.6) is 5.75 Å².